The van der Waals surface area contributed by atoms with Crippen molar-refractivity contribution in [1.82, 2.24) is 4.31 Å². The Labute approximate surface area is 133 Å². The normalized spacial score (nSPS) is 23.1. The molecule has 0 aromatic heterocycles. The first-order valence-corrected chi connectivity index (χ1v) is 8.73. The maximum atomic E-state index is 12.7. The second kappa shape index (κ2) is 5.85. The van der Waals surface area contributed by atoms with Gasteiger partial charge in [0.25, 0.3) is 0 Å². The van der Waals surface area contributed by atoms with Gasteiger partial charge in [-0.05, 0) is 48.0 Å². The van der Waals surface area contributed by atoms with Gasteiger partial charge in [-0.1, -0.05) is 0 Å². The number of hydrogen-bond acceptors (Lipinski definition) is 5. The molecule has 1 aromatic rings. The zero-order chi connectivity index (χ0) is 15.8. The molecule has 1 fully saturated rings. The van der Waals surface area contributed by atoms with Crippen LogP contribution in [-0.4, -0.2) is 49.2 Å². The van der Waals surface area contributed by atoms with E-state index in [2.05, 4.69) is 15.9 Å². The Bertz CT molecular complexity index is 633. The summed E-state index contributed by atoms with van der Waals surface area (Å²) in [5.74, 6) is 0. The summed E-state index contributed by atoms with van der Waals surface area (Å²) in [5.41, 5.74) is 5.52. The summed E-state index contributed by atoms with van der Waals surface area (Å²) >= 11 is 3.24. The monoisotopic (exact) mass is 378 g/mol. The molecule has 3 N–H and O–H groups in total. The van der Waals surface area contributed by atoms with E-state index in [9.17, 15) is 13.5 Å². The van der Waals surface area contributed by atoms with Crippen molar-refractivity contribution in [3.05, 3.63) is 22.7 Å². The van der Waals surface area contributed by atoms with Crippen LogP contribution in [0.3, 0.4) is 0 Å². The van der Waals surface area contributed by atoms with E-state index in [1.807, 2.05) is 0 Å². The third-order valence-corrected chi connectivity index (χ3v) is 5.76. The summed E-state index contributed by atoms with van der Waals surface area (Å²) in [6.45, 7) is 3.74. The van der Waals surface area contributed by atoms with Gasteiger partial charge in [-0.3, -0.25) is 0 Å². The SMILES string of the molecule is CC1(C)CN(S(=O)(=O)c2ccc(N)c(Br)c2)CC(CO)O1. The van der Waals surface area contributed by atoms with Crippen LogP contribution in [0.2, 0.25) is 0 Å². The highest BCUT2D eigenvalue weighted by Crippen LogP contribution is 2.29. The van der Waals surface area contributed by atoms with Gasteiger partial charge in [0, 0.05) is 23.2 Å². The maximum absolute atomic E-state index is 12.7. The van der Waals surface area contributed by atoms with E-state index >= 15 is 0 Å². The fourth-order valence-electron chi connectivity index (χ4n) is 2.34. The molecule has 1 aliphatic heterocycles. The number of halogens is 1. The molecule has 8 heteroatoms. The van der Waals surface area contributed by atoms with Gasteiger partial charge in [0.1, 0.15) is 0 Å². The van der Waals surface area contributed by atoms with Gasteiger partial charge in [-0.2, -0.15) is 4.31 Å². The molecule has 1 atom stereocenters. The lowest BCUT2D eigenvalue weighted by Crippen LogP contribution is -2.55. The summed E-state index contributed by atoms with van der Waals surface area (Å²) < 4.78 is 33.0. The van der Waals surface area contributed by atoms with Gasteiger partial charge in [-0.25, -0.2) is 8.42 Å². The lowest BCUT2D eigenvalue weighted by atomic mass is 10.1. The minimum atomic E-state index is -3.66. The van der Waals surface area contributed by atoms with E-state index in [4.69, 9.17) is 10.5 Å². The van der Waals surface area contributed by atoms with Crippen LogP contribution in [0.1, 0.15) is 13.8 Å². The molecular formula is C13H19BrN2O4S. The first-order valence-electron chi connectivity index (χ1n) is 6.49. The highest BCUT2D eigenvalue weighted by atomic mass is 79.9. The number of nitrogen functional groups attached to an aromatic ring is 1. The van der Waals surface area contributed by atoms with Gasteiger partial charge in [0.05, 0.1) is 23.2 Å². The zero-order valence-corrected chi connectivity index (χ0v) is 14.3. The largest absolute Gasteiger partial charge is 0.398 e. The standard InChI is InChI=1S/C13H19BrN2O4S/c1-13(2)8-16(6-9(7-17)20-13)21(18,19)10-3-4-12(15)11(14)5-10/h3-5,9,17H,6-8,15H2,1-2H3. The van der Waals surface area contributed by atoms with Crippen LogP contribution in [0.5, 0.6) is 0 Å². The number of rotatable bonds is 3. The fourth-order valence-corrected chi connectivity index (χ4v) is 4.52. The number of aliphatic hydroxyl groups excluding tert-OH is 1. The number of morpholine rings is 1. The van der Waals surface area contributed by atoms with Crippen molar-refractivity contribution in [2.75, 3.05) is 25.4 Å². The first kappa shape index (κ1) is 16.7. The Morgan fingerprint density at radius 1 is 1.52 bits per heavy atom. The first-order chi connectivity index (χ1) is 9.65. The fraction of sp³-hybridized carbons (Fsp3) is 0.538. The Kier molecular flexibility index (Phi) is 4.65. The summed E-state index contributed by atoms with van der Waals surface area (Å²) in [6, 6.07) is 4.51. The number of nitrogens with zero attached hydrogens (tertiary/aromatic N) is 1. The number of anilines is 1. The van der Waals surface area contributed by atoms with Crippen molar-refractivity contribution in [3.63, 3.8) is 0 Å². The highest BCUT2D eigenvalue weighted by Gasteiger charge is 2.39. The van der Waals surface area contributed by atoms with Crippen molar-refractivity contribution in [3.8, 4) is 0 Å². The lowest BCUT2D eigenvalue weighted by molar-refractivity contribution is -0.131. The smallest absolute Gasteiger partial charge is 0.243 e. The molecule has 1 heterocycles. The topological polar surface area (TPSA) is 92.9 Å². The van der Waals surface area contributed by atoms with Crippen LogP contribution in [0.25, 0.3) is 0 Å². The van der Waals surface area contributed by atoms with E-state index in [1.165, 1.54) is 16.4 Å². The minimum absolute atomic E-state index is 0.129. The second-order valence-electron chi connectivity index (χ2n) is 5.66. The molecule has 0 amide bonds. The summed E-state index contributed by atoms with van der Waals surface area (Å²) in [5, 5.41) is 9.29. The van der Waals surface area contributed by atoms with Crippen LogP contribution in [-0.2, 0) is 14.8 Å². The minimum Gasteiger partial charge on any atom is -0.398 e. The average molecular weight is 379 g/mol. The lowest BCUT2D eigenvalue weighted by Gasteiger charge is -2.41. The van der Waals surface area contributed by atoms with E-state index in [0.717, 1.165) is 0 Å². The third-order valence-electron chi connectivity index (χ3n) is 3.26. The van der Waals surface area contributed by atoms with E-state index in [0.29, 0.717) is 10.2 Å². The van der Waals surface area contributed by atoms with Crippen molar-refractivity contribution in [2.45, 2.75) is 30.4 Å². The van der Waals surface area contributed by atoms with Gasteiger partial charge < -0.3 is 15.6 Å². The van der Waals surface area contributed by atoms with Crippen molar-refractivity contribution in [1.29, 1.82) is 0 Å². The third kappa shape index (κ3) is 3.57. The molecule has 0 saturated carbocycles. The van der Waals surface area contributed by atoms with Crippen LogP contribution in [0.4, 0.5) is 5.69 Å². The molecule has 2 rings (SSSR count). The number of hydrogen-bond donors (Lipinski definition) is 2. The summed E-state index contributed by atoms with van der Waals surface area (Å²) in [6.07, 6.45) is -0.527. The molecule has 1 unspecified atom stereocenters. The highest BCUT2D eigenvalue weighted by molar-refractivity contribution is 9.10. The van der Waals surface area contributed by atoms with Crippen LogP contribution >= 0.6 is 15.9 Å². The van der Waals surface area contributed by atoms with Gasteiger partial charge in [0.2, 0.25) is 10.0 Å². The van der Waals surface area contributed by atoms with Gasteiger partial charge in [0.15, 0.2) is 0 Å². The molecule has 1 aliphatic rings. The Balaban J connectivity index is 2.36. The predicted octanol–water partition coefficient (Wildman–Crippen LogP) is 1.19. The summed E-state index contributed by atoms with van der Waals surface area (Å²) in [4.78, 5) is 0.165. The molecule has 0 spiro atoms. The van der Waals surface area contributed by atoms with Crippen molar-refractivity contribution < 1.29 is 18.3 Å². The Morgan fingerprint density at radius 2 is 2.19 bits per heavy atom. The van der Waals surface area contributed by atoms with E-state index in [-0.39, 0.29) is 24.6 Å². The summed E-state index contributed by atoms with van der Waals surface area (Å²) in [7, 11) is -3.66. The number of ether oxygens (including phenoxy) is 1. The Hall–Kier alpha value is -0.670. The van der Waals surface area contributed by atoms with Gasteiger partial charge in [-0.15, -0.1) is 0 Å². The molecule has 6 nitrogen and oxygen atoms in total. The number of benzene rings is 1. The average Bonchev–Trinajstić information content (AvgIpc) is 2.39. The molecule has 0 aliphatic carbocycles. The van der Waals surface area contributed by atoms with E-state index < -0.39 is 21.7 Å². The van der Waals surface area contributed by atoms with E-state index in [1.54, 1.807) is 19.9 Å². The number of nitrogens with two attached hydrogens (primary N) is 1. The van der Waals surface area contributed by atoms with Gasteiger partial charge >= 0.3 is 0 Å². The molecule has 118 valence electrons. The molecule has 0 radical (unpaired) electrons. The molecule has 21 heavy (non-hydrogen) atoms. The molecule has 0 bridgehead atoms. The number of sulfonamides is 1. The Morgan fingerprint density at radius 3 is 2.76 bits per heavy atom. The van der Waals surface area contributed by atoms with Crippen molar-refractivity contribution >= 4 is 31.6 Å². The molecule has 1 aromatic carbocycles. The molecular weight excluding hydrogens is 360 g/mol. The molecule has 1 saturated heterocycles. The zero-order valence-electron chi connectivity index (χ0n) is 11.9. The second-order valence-corrected chi connectivity index (χ2v) is 8.46. The van der Waals surface area contributed by atoms with Crippen LogP contribution in [0, 0.1) is 0 Å². The van der Waals surface area contributed by atoms with Crippen LogP contribution in [0.15, 0.2) is 27.6 Å². The maximum Gasteiger partial charge on any atom is 0.243 e. The predicted molar refractivity (Wildman–Crippen MR) is 83.4 cm³/mol. The quantitative estimate of drug-likeness (QED) is 0.770. The van der Waals surface area contributed by atoms with Crippen LogP contribution < -0.4 is 5.73 Å². The number of aliphatic hydroxyl groups is 1. The van der Waals surface area contributed by atoms with Crippen molar-refractivity contribution in [2.24, 2.45) is 0 Å².